The lowest BCUT2D eigenvalue weighted by Crippen LogP contribution is -2.04. The van der Waals surface area contributed by atoms with Gasteiger partial charge in [0.2, 0.25) is 0 Å². The van der Waals surface area contributed by atoms with Crippen molar-refractivity contribution in [3.63, 3.8) is 0 Å². The Morgan fingerprint density at radius 3 is 2.29 bits per heavy atom. The van der Waals surface area contributed by atoms with E-state index >= 15 is 0 Å². The molecule has 0 saturated heterocycles. The maximum atomic E-state index is 10.5. The monoisotopic (exact) mass is 320 g/mol. The number of hydrogen-bond acceptors (Lipinski definition) is 5. The Balaban J connectivity index is 1.89. The highest BCUT2D eigenvalue weighted by atomic mass is 16.3. The second-order valence-corrected chi connectivity index (χ2v) is 5.82. The first-order valence-electron chi connectivity index (χ1n) is 7.78. The standard InChI is InChI=1S/C19H20N4O/c1-12-3-5-15(6-4-12)17-18(24)19(22-11-21-17)23-16-9-7-14(8-10-16)13(2)20/h3-11,13,24H,20H2,1-2H3,(H,21,22,23)/t13-/m0/s1. The van der Waals surface area contributed by atoms with Crippen LogP contribution in [0.1, 0.15) is 24.1 Å². The summed E-state index contributed by atoms with van der Waals surface area (Å²) in [4.78, 5) is 8.34. The molecule has 0 spiro atoms. The lowest BCUT2D eigenvalue weighted by Gasteiger charge is -2.11. The fourth-order valence-corrected chi connectivity index (χ4v) is 2.40. The summed E-state index contributed by atoms with van der Waals surface area (Å²) >= 11 is 0. The number of aryl methyl sites for hydroxylation is 1. The molecule has 2 aromatic carbocycles. The van der Waals surface area contributed by atoms with Crippen LogP contribution in [0.2, 0.25) is 0 Å². The van der Waals surface area contributed by atoms with Crippen LogP contribution in [0.3, 0.4) is 0 Å². The molecule has 24 heavy (non-hydrogen) atoms. The van der Waals surface area contributed by atoms with Gasteiger partial charge >= 0.3 is 0 Å². The van der Waals surface area contributed by atoms with Crippen molar-refractivity contribution < 1.29 is 5.11 Å². The zero-order chi connectivity index (χ0) is 17.1. The number of anilines is 2. The number of nitrogens with two attached hydrogens (primary N) is 1. The van der Waals surface area contributed by atoms with Crippen LogP contribution in [-0.4, -0.2) is 15.1 Å². The zero-order valence-corrected chi connectivity index (χ0v) is 13.7. The molecule has 0 aliphatic rings. The van der Waals surface area contributed by atoms with E-state index in [1.165, 1.54) is 6.33 Å². The molecule has 122 valence electrons. The summed E-state index contributed by atoms with van der Waals surface area (Å²) in [5.74, 6) is 0.395. The minimum atomic E-state index is -0.0142. The molecule has 1 atom stereocenters. The molecule has 0 saturated carbocycles. The maximum Gasteiger partial charge on any atom is 0.185 e. The summed E-state index contributed by atoms with van der Waals surface area (Å²) in [5, 5.41) is 13.6. The molecule has 0 fully saturated rings. The average Bonchev–Trinajstić information content (AvgIpc) is 2.58. The highest BCUT2D eigenvalue weighted by Gasteiger charge is 2.12. The van der Waals surface area contributed by atoms with Gasteiger partial charge in [0.15, 0.2) is 11.6 Å². The van der Waals surface area contributed by atoms with Crippen LogP contribution in [0.4, 0.5) is 11.5 Å². The first-order chi connectivity index (χ1) is 11.5. The normalized spacial score (nSPS) is 12.0. The molecular formula is C19H20N4O. The van der Waals surface area contributed by atoms with E-state index in [-0.39, 0.29) is 11.8 Å². The van der Waals surface area contributed by atoms with E-state index in [1.54, 1.807) is 0 Å². The molecule has 0 amide bonds. The molecule has 0 aliphatic carbocycles. The second-order valence-electron chi connectivity index (χ2n) is 5.82. The molecular weight excluding hydrogens is 300 g/mol. The third kappa shape index (κ3) is 3.36. The van der Waals surface area contributed by atoms with Crippen molar-refractivity contribution in [2.75, 3.05) is 5.32 Å². The Bertz CT molecular complexity index is 827. The molecule has 5 nitrogen and oxygen atoms in total. The van der Waals surface area contributed by atoms with Gasteiger partial charge in [0, 0.05) is 17.3 Å². The highest BCUT2D eigenvalue weighted by molar-refractivity contribution is 5.74. The quantitative estimate of drug-likeness (QED) is 0.678. The van der Waals surface area contributed by atoms with Crippen LogP contribution in [-0.2, 0) is 0 Å². The van der Waals surface area contributed by atoms with E-state index in [2.05, 4.69) is 15.3 Å². The van der Waals surface area contributed by atoms with Gasteiger partial charge < -0.3 is 16.2 Å². The van der Waals surface area contributed by atoms with E-state index < -0.39 is 0 Å². The molecule has 3 aromatic rings. The van der Waals surface area contributed by atoms with Crippen molar-refractivity contribution in [2.45, 2.75) is 19.9 Å². The molecule has 5 heteroatoms. The third-order valence-corrected chi connectivity index (χ3v) is 3.85. The largest absolute Gasteiger partial charge is 0.503 e. The summed E-state index contributed by atoms with van der Waals surface area (Å²) in [6, 6.07) is 15.5. The topological polar surface area (TPSA) is 84.1 Å². The van der Waals surface area contributed by atoms with Crippen molar-refractivity contribution in [3.05, 3.63) is 66.0 Å². The van der Waals surface area contributed by atoms with Crippen molar-refractivity contribution in [2.24, 2.45) is 5.73 Å². The average molecular weight is 320 g/mol. The molecule has 4 N–H and O–H groups in total. The number of rotatable bonds is 4. The number of benzene rings is 2. The van der Waals surface area contributed by atoms with E-state index in [9.17, 15) is 5.11 Å². The van der Waals surface area contributed by atoms with Crippen LogP contribution in [0.15, 0.2) is 54.9 Å². The fourth-order valence-electron chi connectivity index (χ4n) is 2.40. The minimum absolute atomic E-state index is 0.0142. The fraction of sp³-hybridized carbons (Fsp3) is 0.158. The van der Waals surface area contributed by atoms with Gasteiger partial charge in [0.25, 0.3) is 0 Å². The Morgan fingerprint density at radius 2 is 1.67 bits per heavy atom. The Kier molecular flexibility index (Phi) is 4.44. The van der Waals surface area contributed by atoms with E-state index in [0.717, 1.165) is 22.4 Å². The van der Waals surface area contributed by atoms with Gasteiger partial charge in [-0.3, -0.25) is 0 Å². The zero-order valence-electron chi connectivity index (χ0n) is 13.7. The molecule has 3 rings (SSSR count). The van der Waals surface area contributed by atoms with Gasteiger partial charge in [-0.1, -0.05) is 42.0 Å². The molecule has 0 radical (unpaired) electrons. The highest BCUT2D eigenvalue weighted by Crippen LogP contribution is 2.33. The summed E-state index contributed by atoms with van der Waals surface area (Å²) in [5.41, 5.74) is 10.2. The van der Waals surface area contributed by atoms with Gasteiger partial charge in [-0.15, -0.1) is 0 Å². The number of hydrogen-bond donors (Lipinski definition) is 3. The van der Waals surface area contributed by atoms with E-state index in [1.807, 2.05) is 62.4 Å². The Labute approximate surface area is 141 Å². The minimum Gasteiger partial charge on any atom is -0.503 e. The Hall–Kier alpha value is -2.92. The van der Waals surface area contributed by atoms with Gasteiger partial charge in [-0.25, -0.2) is 9.97 Å². The summed E-state index contributed by atoms with van der Waals surface area (Å²) < 4.78 is 0. The summed E-state index contributed by atoms with van der Waals surface area (Å²) in [6.45, 7) is 3.95. The Morgan fingerprint density at radius 1 is 1.00 bits per heavy atom. The van der Waals surface area contributed by atoms with E-state index in [4.69, 9.17) is 5.73 Å². The predicted octanol–water partition coefficient (Wildman–Crippen LogP) is 3.92. The number of nitrogens with one attached hydrogen (secondary N) is 1. The van der Waals surface area contributed by atoms with Crippen molar-refractivity contribution in [1.82, 2.24) is 9.97 Å². The maximum absolute atomic E-state index is 10.5. The van der Waals surface area contributed by atoms with Crippen LogP contribution in [0.25, 0.3) is 11.3 Å². The third-order valence-electron chi connectivity index (χ3n) is 3.85. The van der Waals surface area contributed by atoms with Crippen molar-refractivity contribution >= 4 is 11.5 Å². The molecule has 0 aliphatic heterocycles. The number of aromatic nitrogens is 2. The number of nitrogens with zero attached hydrogens (tertiary/aromatic N) is 2. The van der Waals surface area contributed by atoms with Crippen LogP contribution < -0.4 is 11.1 Å². The summed E-state index contributed by atoms with van der Waals surface area (Å²) in [6.07, 6.45) is 1.44. The number of aromatic hydroxyl groups is 1. The lowest BCUT2D eigenvalue weighted by molar-refractivity contribution is 0.475. The first kappa shape index (κ1) is 16.0. The molecule has 0 unspecified atom stereocenters. The van der Waals surface area contributed by atoms with Crippen LogP contribution >= 0.6 is 0 Å². The van der Waals surface area contributed by atoms with E-state index in [0.29, 0.717) is 11.5 Å². The van der Waals surface area contributed by atoms with Gasteiger partial charge in [0.05, 0.1) is 0 Å². The molecule has 0 bridgehead atoms. The molecule has 1 aromatic heterocycles. The second kappa shape index (κ2) is 6.68. The van der Waals surface area contributed by atoms with Crippen molar-refractivity contribution in [3.8, 4) is 17.0 Å². The lowest BCUT2D eigenvalue weighted by atomic mass is 10.1. The first-order valence-corrected chi connectivity index (χ1v) is 7.78. The van der Waals surface area contributed by atoms with Gasteiger partial charge in [0.1, 0.15) is 12.0 Å². The van der Waals surface area contributed by atoms with Crippen molar-refractivity contribution in [1.29, 1.82) is 0 Å². The van der Waals surface area contributed by atoms with Crippen LogP contribution in [0.5, 0.6) is 5.75 Å². The molecule has 1 heterocycles. The predicted molar refractivity (Wildman–Crippen MR) is 96.2 cm³/mol. The smallest absolute Gasteiger partial charge is 0.185 e. The van der Waals surface area contributed by atoms with Gasteiger partial charge in [-0.05, 0) is 31.5 Å². The SMILES string of the molecule is Cc1ccc(-c2ncnc(Nc3ccc([C@H](C)N)cc3)c2O)cc1. The van der Waals surface area contributed by atoms with Gasteiger partial charge in [-0.2, -0.15) is 0 Å². The summed E-state index contributed by atoms with van der Waals surface area (Å²) in [7, 11) is 0. The van der Waals surface area contributed by atoms with Crippen LogP contribution in [0, 0.1) is 6.92 Å².